The number of fused-ring (bicyclic) bond motifs is 5. The first-order valence-electron chi connectivity index (χ1n) is 9.88. The zero-order chi connectivity index (χ0) is 21.0. The molecule has 30 heavy (non-hydrogen) atoms. The fourth-order valence-electron chi connectivity index (χ4n) is 4.50. The van der Waals surface area contributed by atoms with Crippen LogP contribution in [0.1, 0.15) is 34.6 Å². The Balaban J connectivity index is 1.97. The lowest BCUT2D eigenvalue weighted by Crippen LogP contribution is -2.41. The number of aromatic nitrogens is 1. The minimum atomic E-state index is -0.604. The number of carbonyl (C=O) groups is 1. The van der Waals surface area contributed by atoms with Crippen molar-refractivity contribution in [2.45, 2.75) is 19.6 Å². The Bertz CT molecular complexity index is 1290. The second-order valence-electron chi connectivity index (χ2n) is 7.44. The number of ketones is 1. The SMILES string of the molecule is CCc1cc([N+](=O)[O-])cc2c(=O)n(C3CNCCO3)c3c(c12)C(=O)c1ccccc1-3. The lowest BCUT2D eigenvalue weighted by atomic mass is 9.95. The van der Waals surface area contributed by atoms with Gasteiger partial charge in [0.25, 0.3) is 11.2 Å². The molecule has 8 heteroatoms. The van der Waals surface area contributed by atoms with Crippen molar-refractivity contribution in [3.63, 3.8) is 0 Å². The van der Waals surface area contributed by atoms with E-state index >= 15 is 0 Å². The molecule has 1 fully saturated rings. The molecule has 5 rings (SSSR count). The van der Waals surface area contributed by atoms with Crippen LogP contribution in [-0.2, 0) is 11.2 Å². The summed E-state index contributed by atoms with van der Waals surface area (Å²) in [5, 5.41) is 15.4. The molecule has 3 aromatic rings. The molecule has 1 N–H and O–H groups in total. The molecule has 0 spiro atoms. The van der Waals surface area contributed by atoms with Gasteiger partial charge in [-0.15, -0.1) is 0 Å². The van der Waals surface area contributed by atoms with Crippen molar-refractivity contribution in [2.75, 3.05) is 19.7 Å². The summed E-state index contributed by atoms with van der Waals surface area (Å²) in [5.74, 6) is -0.174. The lowest BCUT2D eigenvalue weighted by Gasteiger charge is -2.28. The minimum absolute atomic E-state index is 0.159. The number of carbonyl (C=O) groups excluding carboxylic acids is 1. The maximum atomic E-state index is 13.7. The summed E-state index contributed by atoms with van der Waals surface area (Å²) in [7, 11) is 0. The molecule has 0 bridgehead atoms. The normalized spacial score (nSPS) is 17.8. The van der Waals surface area contributed by atoms with Gasteiger partial charge in [-0.25, -0.2) is 0 Å². The van der Waals surface area contributed by atoms with E-state index in [9.17, 15) is 19.7 Å². The van der Waals surface area contributed by atoms with E-state index in [1.165, 1.54) is 16.7 Å². The summed E-state index contributed by atoms with van der Waals surface area (Å²) in [6.45, 7) is 3.36. The van der Waals surface area contributed by atoms with Crippen LogP contribution in [-0.4, -0.2) is 35.0 Å². The second kappa shape index (κ2) is 6.86. The van der Waals surface area contributed by atoms with Gasteiger partial charge in [-0.2, -0.15) is 0 Å². The summed E-state index contributed by atoms with van der Waals surface area (Å²) in [6, 6.07) is 9.93. The van der Waals surface area contributed by atoms with E-state index in [1.807, 2.05) is 19.1 Å². The van der Waals surface area contributed by atoms with Gasteiger partial charge in [-0.3, -0.25) is 24.3 Å². The largest absolute Gasteiger partial charge is 0.355 e. The number of nitro benzene ring substituents is 1. The van der Waals surface area contributed by atoms with E-state index in [0.29, 0.717) is 59.5 Å². The number of nitrogens with zero attached hydrogens (tertiary/aromatic N) is 2. The van der Waals surface area contributed by atoms with Crippen LogP contribution in [0.15, 0.2) is 41.2 Å². The van der Waals surface area contributed by atoms with Crippen molar-refractivity contribution in [3.8, 4) is 11.3 Å². The van der Waals surface area contributed by atoms with Gasteiger partial charge in [0, 0.05) is 41.7 Å². The van der Waals surface area contributed by atoms with Crippen LogP contribution in [0, 0.1) is 10.1 Å². The topological polar surface area (TPSA) is 103 Å². The number of rotatable bonds is 3. The summed E-state index contributed by atoms with van der Waals surface area (Å²) in [6.07, 6.45) is -0.146. The highest BCUT2D eigenvalue weighted by Crippen LogP contribution is 2.42. The van der Waals surface area contributed by atoms with Gasteiger partial charge in [0.2, 0.25) is 0 Å². The van der Waals surface area contributed by atoms with Crippen molar-refractivity contribution in [1.29, 1.82) is 0 Å². The third kappa shape index (κ3) is 2.54. The van der Waals surface area contributed by atoms with Crippen LogP contribution in [0.2, 0.25) is 0 Å². The average molecular weight is 405 g/mol. The van der Waals surface area contributed by atoms with Gasteiger partial charge in [0.15, 0.2) is 5.78 Å². The number of nitrogens with one attached hydrogen (secondary N) is 1. The Hall–Kier alpha value is -3.36. The van der Waals surface area contributed by atoms with Crippen LogP contribution in [0.3, 0.4) is 0 Å². The van der Waals surface area contributed by atoms with Gasteiger partial charge in [-0.1, -0.05) is 31.2 Å². The Morgan fingerprint density at radius 1 is 1.23 bits per heavy atom. The summed E-state index contributed by atoms with van der Waals surface area (Å²) < 4.78 is 7.36. The van der Waals surface area contributed by atoms with Crippen molar-refractivity contribution >= 4 is 22.2 Å². The Morgan fingerprint density at radius 3 is 2.67 bits per heavy atom. The van der Waals surface area contributed by atoms with E-state index in [1.54, 1.807) is 12.1 Å². The molecule has 0 radical (unpaired) electrons. The molecule has 152 valence electrons. The quantitative estimate of drug-likeness (QED) is 0.415. The van der Waals surface area contributed by atoms with E-state index in [4.69, 9.17) is 4.74 Å². The molecule has 2 heterocycles. The molecule has 1 saturated heterocycles. The van der Waals surface area contributed by atoms with Gasteiger partial charge >= 0.3 is 0 Å². The number of ether oxygens (including phenoxy) is 1. The molecular formula is C22H19N3O5. The molecule has 1 aliphatic carbocycles. The first kappa shape index (κ1) is 18.7. The molecule has 0 saturated carbocycles. The predicted molar refractivity (Wildman–Crippen MR) is 111 cm³/mol. The Morgan fingerprint density at radius 2 is 2.00 bits per heavy atom. The Kier molecular flexibility index (Phi) is 4.27. The van der Waals surface area contributed by atoms with Crippen molar-refractivity contribution in [1.82, 2.24) is 9.88 Å². The standard InChI is InChI=1S/C22H19N3O5/c1-2-12-9-13(25(28)29)10-16-18(12)19-20(14-5-3-4-6-15(14)21(19)26)24(22(16)27)17-11-23-7-8-30-17/h3-6,9-10,17,23H,2,7-8,11H2,1H3. The van der Waals surface area contributed by atoms with Crippen molar-refractivity contribution < 1.29 is 14.5 Å². The fraction of sp³-hybridized carbons (Fsp3) is 0.273. The Labute approximate surface area is 171 Å². The monoisotopic (exact) mass is 405 g/mol. The fourth-order valence-corrected chi connectivity index (χ4v) is 4.50. The third-order valence-electron chi connectivity index (χ3n) is 5.82. The molecule has 0 amide bonds. The van der Waals surface area contributed by atoms with Gasteiger partial charge in [0.1, 0.15) is 6.23 Å². The number of morpholine rings is 1. The number of nitro groups is 1. The first-order chi connectivity index (χ1) is 14.5. The number of benzene rings is 2. The average Bonchev–Trinajstić information content (AvgIpc) is 3.06. The summed E-state index contributed by atoms with van der Waals surface area (Å²) in [5.41, 5.74) is 2.23. The molecule has 1 unspecified atom stereocenters. The lowest BCUT2D eigenvalue weighted by molar-refractivity contribution is -0.384. The second-order valence-corrected chi connectivity index (χ2v) is 7.44. The van der Waals surface area contributed by atoms with E-state index in [0.717, 1.165) is 0 Å². The van der Waals surface area contributed by atoms with Crippen LogP contribution in [0.5, 0.6) is 0 Å². The summed E-state index contributed by atoms with van der Waals surface area (Å²) in [4.78, 5) is 38.1. The highest BCUT2D eigenvalue weighted by Gasteiger charge is 2.36. The first-order valence-corrected chi connectivity index (χ1v) is 9.88. The van der Waals surface area contributed by atoms with E-state index < -0.39 is 11.2 Å². The molecule has 1 atom stereocenters. The highest BCUT2D eigenvalue weighted by atomic mass is 16.6. The molecule has 2 aliphatic rings. The number of non-ortho nitro benzene ring substituents is 1. The number of hydrogen-bond donors (Lipinski definition) is 1. The van der Waals surface area contributed by atoms with E-state index in [-0.39, 0.29) is 22.4 Å². The smallest absolute Gasteiger partial charge is 0.270 e. The minimum Gasteiger partial charge on any atom is -0.355 e. The van der Waals surface area contributed by atoms with Gasteiger partial charge in [0.05, 0.1) is 28.2 Å². The van der Waals surface area contributed by atoms with Crippen LogP contribution in [0.25, 0.3) is 22.0 Å². The molecule has 1 aliphatic heterocycles. The van der Waals surface area contributed by atoms with Gasteiger partial charge in [-0.05, 0) is 12.0 Å². The van der Waals surface area contributed by atoms with Crippen LogP contribution < -0.4 is 10.9 Å². The number of hydrogen-bond acceptors (Lipinski definition) is 6. The van der Waals surface area contributed by atoms with Crippen molar-refractivity contribution in [3.05, 3.63) is 73.6 Å². The molecule has 1 aromatic heterocycles. The molecule has 8 nitrogen and oxygen atoms in total. The predicted octanol–water partition coefficient (Wildman–Crippen LogP) is 2.80. The zero-order valence-corrected chi connectivity index (χ0v) is 16.3. The van der Waals surface area contributed by atoms with Gasteiger partial charge < -0.3 is 10.1 Å². The molecule has 2 aromatic carbocycles. The van der Waals surface area contributed by atoms with Crippen LogP contribution >= 0.6 is 0 Å². The highest BCUT2D eigenvalue weighted by molar-refractivity contribution is 6.27. The van der Waals surface area contributed by atoms with Crippen molar-refractivity contribution in [2.24, 2.45) is 0 Å². The summed E-state index contributed by atoms with van der Waals surface area (Å²) >= 11 is 0. The molecular weight excluding hydrogens is 386 g/mol. The van der Waals surface area contributed by atoms with E-state index in [2.05, 4.69) is 5.32 Å². The van der Waals surface area contributed by atoms with Crippen LogP contribution in [0.4, 0.5) is 5.69 Å². The maximum Gasteiger partial charge on any atom is 0.270 e. The third-order valence-corrected chi connectivity index (χ3v) is 5.82. The number of aryl methyl sites for hydroxylation is 1. The zero-order valence-electron chi connectivity index (χ0n) is 16.3. The maximum absolute atomic E-state index is 13.7. The number of pyridine rings is 1.